The first-order chi connectivity index (χ1) is 13.4. The lowest BCUT2D eigenvalue weighted by Gasteiger charge is -2.10. The molecule has 0 spiro atoms. The van der Waals surface area contributed by atoms with Crippen LogP contribution in [-0.4, -0.2) is 28.0 Å². The van der Waals surface area contributed by atoms with Gasteiger partial charge in [-0.25, -0.2) is 9.78 Å². The van der Waals surface area contributed by atoms with Gasteiger partial charge in [0.1, 0.15) is 0 Å². The summed E-state index contributed by atoms with van der Waals surface area (Å²) in [6, 6.07) is 12.9. The molecule has 0 atom stereocenters. The number of pyridine rings is 1. The number of amides is 1. The minimum Gasteiger partial charge on any atom is -0.452 e. The molecular weight excluding hydrogens is 401 g/mol. The normalized spacial score (nSPS) is 10.6. The number of aromatic nitrogens is 2. The average molecular weight is 418 g/mol. The molecule has 2 aromatic heterocycles. The molecule has 8 heteroatoms. The Kier molecular flexibility index (Phi) is 6.02. The van der Waals surface area contributed by atoms with Crippen LogP contribution in [-0.2, 0) is 9.53 Å². The molecule has 144 valence electrons. The van der Waals surface area contributed by atoms with E-state index in [-0.39, 0.29) is 10.8 Å². The van der Waals surface area contributed by atoms with Gasteiger partial charge in [-0.1, -0.05) is 41.4 Å². The number of nitrogens with zero attached hydrogens (tertiary/aromatic N) is 2. The van der Waals surface area contributed by atoms with Crippen molar-refractivity contribution >= 4 is 40.9 Å². The lowest BCUT2D eigenvalue weighted by Crippen LogP contribution is -2.21. The number of halogens is 2. The fraction of sp³-hybridized carbons (Fsp3) is 0.150. The van der Waals surface area contributed by atoms with E-state index < -0.39 is 18.5 Å². The molecule has 0 saturated heterocycles. The minimum atomic E-state index is -0.583. The second-order valence-electron chi connectivity index (χ2n) is 6.06. The van der Waals surface area contributed by atoms with Crippen molar-refractivity contribution in [3.8, 4) is 5.69 Å². The second-order valence-corrected chi connectivity index (χ2v) is 6.91. The molecule has 0 aliphatic heterocycles. The van der Waals surface area contributed by atoms with Crippen molar-refractivity contribution in [2.45, 2.75) is 13.8 Å². The Morgan fingerprint density at radius 2 is 1.86 bits per heavy atom. The van der Waals surface area contributed by atoms with Crippen LogP contribution >= 0.6 is 23.2 Å². The van der Waals surface area contributed by atoms with E-state index in [1.54, 1.807) is 6.07 Å². The van der Waals surface area contributed by atoms with Gasteiger partial charge in [-0.2, -0.15) is 0 Å². The van der Waals surface area contributed by atoms with E-state index in [9.17, 15) is 9.59 Å². The molecule has 0 fully saturated rings. The molecule has 0 aliphatic rings. The fourth-order valence-corrected chi connectivity index (χ4v) is 3.25. The Labute approximate surface area is 172 Å². The molecule has 0 bridgehead atoms. The van der Waals surface area contributed by atoms with Crippen molar-refractivity contribution in [2.75, 3.05) is 11.9 Å². The summed E-state index contributed by atoms with van der Waals surface area (Å²) in [5.41, 5.74) is 2.96. The fourth-order valence-electron chi connectivity index (χ4n) is 2.83. The molecule has 1 aromatic carbocycles. The molecule has 0 unspecified atom stereocenters. The number of carbonyl (C=O) groups is 2. The number of hydrogen-bond donors (Lipinski definition) is 1. The number of hydrogen-bond acceptors (Lipinski definition) is 4. The number of ether oxygens (including phenoxy) is 1. The Morgan fingerprint density at radius 3 is 2.54 bits per heavy atom. The van der Waals surface area contributed by atoms with E-state index in [1.807, 2.05) is 48.7 Å². The van der Waals surface area contributed by atoms with Crippen LogP contribution in [0.4, 0.5) is 5.82 Å². The number of anilines is 1. The van der Waals surface area contributed by atoms with Gasteiger partial charge in [0, 0.05) is 23.3 Å². The standard InChI is InChI=1S/C20H17Cl2N3O3/c1-12-8-16(13(2)25(12)15-6-4-3-5-7-15)20(27)28-11-18(26)24-19-17(22)9-14(21)10-23-19/h3-10H,11H2,1-2H3,(H,23,24,26). The van der Waals surface area contributed by atoms with Crippen LogP contribution in [0.1, 0.15) is 21.7 Å². The van der Waals surface area contributed by atoms with Gasteiger partial charge in [-0.05, 0) is 38.1 Å². The van der Waals surface area contributed by atoms with Gasteiger partial charge in [-0.15, -0.1) is 0 Å². The van der Waals surface area contributed by atoms with E-state index >= 15 is 0 Å². The number of carbonyl (C=O) groups excluding carboxylic acids is 2. The van der Waals surface area contributed by atoms with E-state index in [0.717, 1.165) is 17.1 Å². The van der Waals surface area contributed by atoms with Crippen molar-refractivity contribution in [3.63, 3.8) is 0 Å². The molecule has 0 radical (unpaired) electrons. The molecule has 3 aromatic rings. The summed E-state index contributed by atoms with van der Waals surface area (Å²) in [7, 11) is 0. The molecule has 28 heavy (non-hydrogen) atoms. The zero-order valence-electron chi connectivity index (χ0n) is 15.2. The molecule has 0 aliphatic carbocycles. The molecule has 1 amide bonds. The second kappa shape index (κ2) is 8.46. The summed E-state index contributed by atoms with van der Waals surface area (Å²) < 4.78 is 7.10. The van der Waals surface area contributed by atoms with Crippen molar-refractivity contribution < 1.29 is 14.3 Å². The third-order valence-electron chi connectivity index (χ3n) is 4.07. The summed E-state index contributed by atoms with van der Waals surface area (Å²) in [4.78, 5) is 28.4. The number of benzene rings is 1. The van der Waals surface area contributed by atoms with Crippen molar-refractivity contribution in [1.82, 2.24) is 9.55 Å². The Balaban J connectivity index is 1.68. The lowest BCUT2D eigenvalue weighted by molar-refractivity contribution is -0.119. The van der Waals surface area contributed by atoms with Gasteiger partial charge in [0.2, 0.25) is 0 Å². The largest absolute Gasteiger partial charge is 0.452 e. The van der Waals surface area contributed by atoms with Crippen LogP contribution in [0.25, 0.3) is 5.69 Å². The molecule has 0 saturated carbocycles. The minimum absolute atomic E-state index is 0.148. The lowest BCUT2D eigenvalue weighted by atomic mass is 10.2. The van der Waals surface area contributed by atoms with E-state index in [4.69, 9.17) is 27.9 Å². The van der Waals surface area contributed by atoms with Crippen LogP contribution in [0.5, 0.6) is 0 Å². The number of aryl methyl sites for hydroxylation is 1. The predicted molar refractivity (Wildman–Crippen MR) is 108 cm³/mol. The van der Waals surface area contributed by atoms with Crippen LogP contribution in [0.15, 0.2) is 48.7 Å². The highest BCUT2D eigenvalue weighted by Crippen LogP contribution is 2.23. The molecule has 1 N–H and O–H groups in total. The summed E-state index contributed by atoms with van der Waals surface area (Å²) in [6.07, 6.45) is 1.35. The molecule has 6 nitrogen and oxygen atoms in total. The third-order valence-corrected chi connectivity index (χ3v) is 4.56. The van der Waals surface area contributed by atoms with Crippen LogP contribution in [0, 0.1) is 13.8 Å². The zero-order chi connectivity index (χ0) is 20.3. The Bertz CT molecular complexity index is 1030. The van der Waals surface area contributed by atoms with Gasteiger partial charge < -0.3 is 14.6 Å². The predicted octanol–water partition coefficient (Wildman–Crippen LogP) is 4.59. The average Bonchev–Trinajstić information content (AvgIpc) is 2.97. The van der Waals surface area contributed by atoms with Gasteiger partial charge in [0.25, 0.3) is 5.91 Å². The maximum Gasteiger partial charge on any atom is 0.340 e. The maximum absolute atomic E-state index is 12.5. The summed E-state index contributed by atoms with van der Waals surface area (Å²) in [5.74, 6) is -0.989. The highest BCUT2D eigenvalue weighted by Gasteiger charge is 2.19. The van der Waals surface area contributed by atoms with Crippen molar-refractivity contribution in [3.05, 3.63) is 75.7 Å². The summed E-state index contributed by atoms with van der Waals surface area (Å²) in [6.45, 7) is 3.26. The quantitative estimate of drug-likeness (QED) is 0.615. The Hall–Kier alpha value is -2.83. The van der Waals surface area contributed by atoms with E-state index in [1.165, 1.54) is 12.3 Å². The first kappa shape index (κ1) is 19.9. The number of esters is 1. The van der Waals surface area contributed by atoms with Crippen LogP contribution < -0.4 is 5.32 Å². The third kappa shape index (κ3) is 4.35. The van der Waals surface area contributed by atoms with Gasteiger partial charge in [0.05, 0.1) is 15.6 Å². The van der Waals surface area contributed by atoms with Crippen molar-refractivity contribution in [2.24, 2.45) is 0 Å². The molecule has 3 rings (SSSR count). The first-order valence-corrected chi connectivity index (χ1v) is 9.15. The van der Waals surface area contributed by atoms with Gasteiger partial charge in [0.15, 0.2) is 12.4 Å². The highest BCUT2D eigenvalue weighted by atomic mass is 35.5. The Morgan fingerprint density at radius 1 is 1.14 bits per heavy atom. The summed E-state index contributed by atoms with van der Waals surface area (Å²) in [5, 5.41) is 3.02. The van der Waals surface area contributed by atoms with Crippen LogP contribution in [0.2, 0.25) is 10.0 Å². The van der Waals surface area contributed by atoms with Gasteiger partial charge >= 0.3 is 5.97 Å². The first-order valence-electron chi connectivity index (χ1n) is 8.39. The molecular formula is C20H17Cl2N3O3. The summed E-state index contributed by atoms with van der Waals surface area (Å²) >= 11 is 11.7. The maximum atomic E-state index is 12.5. The number of para-hydroxylation sites is 1. The SMILES string of the molecule is Cc1cc(C(=O)OCC(=O)Nc2ncc(Cl)cc2Cl)c(C)n1-c1ccccc1. The van der Waals surface area contributed by atoms with Crippen LogP contribution in [0.3, 0.4) is 0 Å². The van der Waals surface area contributed by atoms with Crippen molar-refractivity contribution in [1.29, 1.82) is 0 Å². The molecule has 2 heterocycles. The topological polar surface area (TPSA) is 73.2 Å². The van der Waals surface area contributed by atoms with Gasteiger partial charge in [-0.3, -0.25) is 4.79 Å². The van der Waals surface area contributed by atoms with E-state index in [2.05, 4.69) is 10.3 Å². The highest BCUT2D eigenvalue weighted by molar-refractivity contribution is 6.36. The number of nitrogens with one attached hydrogen (secondary N) is 1. The number of rotatable bonds is 5. The zero-order valence-corrected chi connectivity index (χ0v) is 16.7. The monoisotopic (exact) mass is 417 g/mol. The smallest absolute Gasteiger partial charge is 0.340 e. The van der Waals surface area contributed by atoms with E-state index in [0.29, 0.717) is 10.6 Å².